The molecule has 0 saturated carbocycles. The van der Waals surface area contributed by atoms with Crippen molar-refractivity contribution in [1.29, 1.82) is 0 Å². The maximum absolute atomic E-state index is 13.6. The fraction of sp³-hybridized carbons (Fsp3) is 0.438. The molecular weight excluding hydrogens is 271 g/mol. The zero-order chi connectivity index (χ0) is 15.0. The minimum Gasteiger partial charge on any atom is -0.465 e. The number of carbonyl (C=O) groups excluding carboxylic acids is 1. The Bertz CT molecular complexity index is 693. The summed E-state index contributed by atoms with van der Waals surface area (Å²) >= 11 is 0. The van der Waals surface area contributed by atoms with E-state index < -0.39 is 0 Å². The standard InChI is InChI=1S/C16H19FN2O2/c1-2-21-16(20)9-19-14-5-3-10(17)7-12(14)13-8-11(18)4-6-15(13)19/h3,5,7,11H,2,4,6,8-9,18H2,1H3/p+1. The van der Waals surface area contributed by atoms with Gasteiger partial charge in [-0.15, -0.1) is 0 Å². The summed E-state index contributed by atoms with van der Waals surface area (Å²) in [6, 6.07) is 5.10. The molecule has 3 N–H and O–H groups in total. The lowest BCUT2D eigenvalue weighted by atomic mass is 9.92. The molecule has 0 radical (unpaired) electrons. The molecule has 2 aromatic rings. The highest BCUT2D eigenvalue weighted by Crippen LogP contribution is 2.32. The van der Waals surface area contributed by atoms with Crippen LogP contribution in [0.3, 0.4) is 0 Å². The highest BCUT2D eigenvalue weighted by Gasteiger charge is 2.26. The topological polar surface area (TPSA) is 58.9 Å². The van der Waals surface area contributed by atoms with Crippen molar-refractivity contribution in [2.75, 3.05) is 6.61 Å². The van der Waals surface area contributed by atoms with E-state index in [9.17, 15) is 9.18 Å². The van der Waals surface area contributed by atoms with Gasteiger partial charge in [0.2, 0.25) is 0 Å². The van der Waals surface area contributed by atoms with Gasteiger partial charge in [0, 0.05) is 29.4 Å². The van der Waals surface area contributed by atoms with Crippen molar-refractivity contribution in [3.63, 3.8) is 0 Å². The Hall–Kier alpha value is -1.88. The molecular formula is C16H20FN2O2+. The smallest absolute Gasteiger partial charge is 0.325 e. The Morgan fingerprint density at radius 2 is 2.33 bits per heavy atom. The van der Waals surface area contributed by atoms with Crippen LogP contribution in [0.25, 0.3) is 10.9 Å². The highest BCUT2D eigenvalue weighted by atomic mass is 19.1. The van der Waals surface area contributed by atoms with Gasteiger partial charge in [-0.25, -0.2) is 4.39 Å². The van der Waals surface area contributed by atoms with Crippen molar-refractivity contribution in [2.24, 2.45) is 0 Å². The first kappa shape index (κ1) is 14.1. The van der Waals surface area contributed by atoms with Gasteiger partial charge in [0.15, 0.2) is 0 Å². The maximum Gasteiger partial charge on any atom is 0.325 e. The first-order chi connectivity index (χ1) is 10.1. The number of halogens is 1. The summed E-state index contributed by atoms with van der Waals surface area (Å²) in [5.41, 5.74) is 7.30. The Labute approximate surface area is 122 Å². The van der Waals surface area contributed by atoms with Crippen molar-refractivity contribution in [3.8, 4) is 0 Å². The number of nitrogens with zero attached hydrogens (tertiary/aromatic N) is 1. The van der Waals surface area contributed by atoms with Crippen LogP contribution in [0.5, 0.6) is 0 Å². The van der Waals surface area contributed by atoms with Gasteiger partial charge in [-0.1, -0.05) is 0 Å². The summed E-state index contributed by atoms with van der Waals surface area (Å²) in [6.07, 6.45) is 2.71. The van der Waals surface area contributed by atoms with Gasteiger partial charge in [0.05, 0.1) is 12.6 Å². The fourth-order valence-corrected chi connectivity index (χ4v) is 3.21. The lowest BCUT2D eigenvalue weighted by Gasteiger charge is -2.18. The normalized spacial score (nSPS) is 17.8. The van der Waals surface area contributed by atoms with Crippen LogP contribution in [0.4, 0.5) is 4.39 Å². The molecule has 5 heteroatoms. The third-order valence-corrected chi connectivity index (χ3v) is 4.12. The van der Waals surface area contributed by atoms with Crippen LogP contribution in [0.1, 0.15) is 24.6 Å². The van der Waals surface area contributed by atoms with E-state index in [1.807, 2.05) is 4.57 Å². The van der Waals surface area contributed by atoms with Gasteiger partial charge in [0.1, 0.15) is 12.4 Å². The summed E-state index contributed by atoms with van der Waals surface area (Å²) < 4.78 is 20.6. The maximum atomic E-state index is 13.6. The van der Waals surface area contributed by atoms with E-state index in [4.69, 9.17) is 4.74 Å². The molecule has 1 aliphatic rings. The van der Waals surface area contributed by atoms with E-state index in [2.05, 4.69) is 5.73 Å². The minimum absolute atomic E-state index is 0.188. The van der Waals surface area contributed by atoms with Crippen LogP contribution >= 0.6 is 0 Å². The number of carbonyl (C=O) groups is 1. The number of hydrogen-bond acceptors (Lipinski definition) is 2. The van der Waals surface area contributed by atoms with E-state index in [0.717, 1.165) is 41.4 Å². The molecule has 1 unspecified atom stereocenters. The van der Waals surface area contributed by atoms with E-state index in [1.54, 1.807) is 19.1 Å². The monoisotopic (exact) mass is 291 g/mol. The molecule has 0 spiro atoms. The van der Waals surface area contributed by atoms with Gasteiger partial charge in [-0.2, -0.15) is 0 Å². The number of rotatable bonds is 3. The van der Waals surface area contributed by atoms with Crippen molar-refractivity contribution in [3.05, 3.63) is 35.3 Å². The molecule has 1 aromatic heterocycles. The molecule has 1 aliphatic carbocycles. The highest BCUT2D eigenvalue weighted by molar-refractivity contribution is 5.87. The molecule has 0 bridgehead atoms. The van der Waals surface area contributed by atoms with Crippen molar-refractivity contribution in [2.45, 2.75) is 38.8 Å². The number of ether oxygens (including phenoxy) is 1. The Kier molecular flexibility index (Phi) is 3.68. The Balaban J connectivity index is 2.12. The van der Waals surface area contributed by atoms with Gasteiger partial charge in [-0.3, -0.25) is 4.79 Å². The number of hydrogen-bond donors (Lipinski definition) is 1. The average Bonchev–Trinajstić information content (AvgIpc) is 2.72. The number of quaternary nitrogens is 1. The summed E-state index contributed by atoms with van der Waals surface area (Å²) in [5.74, 6) is -0.497. The van der Waals surface area contributed by atoms with Gasteiger partial charge in [0.25, 0.3) is 0 Å². The van der Waals surface area contributed by atoms with Crippen molar-refractivity contribution >= 4 is 16.9 Å². The third-order valence-electron chi connectivity index (χ3n) is 4.12. The van der Waals surface area contributed by atoms with E-state index in [1.165, 1.54) is 6.07 Å². The van der Waals surface area contributed by atoms with E-state index >= 15 is 0 Å². The Morgan fingerprint density at radius 1 is 1.52 bits per heavy atom. The summed E-state index contributed by atoms with van der Waals surface area (Å²) in [5, 5.41) is 0.905. The molecule has 3 rings (SSSR count). The van der Waals surface area contributed by atoms with Crippen molar-refractivity contribution < 1.29 is 19.7 Å². The second kappa shape index (κ2) is 5.48. The predicted molar refractivity (Wildman–Crippen MR) is 77.2 cm³/mol. The lowest BCUT2D eigenvalue weighted by molar-refractivity contribution is -0.421. The molecule has 0 aliphatic heterocycles. The second-order valence-electron chi connectivity index (χ2n) is 5.59. The predicted octanol–water partition coefficient (Wildman–Crippen LogP) is 1.44. The zero-order valence-electron chi connectivity index (χ0n) is 12.2. The average molecular weight is 291 g/mol. The van der Waals surface area contributed by atoms with Crippen LogP contribution in [0, 0.1) is 5.82 Å². The fourth-order valence-electron chi connectivity index (χ4n) is 3.21. The number of fused-ring (bicyclic) bond motifs is 3. The minimum atomic E-state index is -0.252. The van der Waals surface area contributed by atoms with Crippen LogP contribution < -0.4 is 5.73 Å². The molecule has 1 atom stereocenters. The zero-order valence-corrected chi connectivity index (χ0v) is 12.2. The Morgan fingerprint density at radius 3 is 3.10 bits per heavy atom. The molecule has 0 amide bonds. The van der Waals surface area contributed by atoms with E-state index in [-0.39, 0.29) is 18.3 Å². The van der Waals surface area contributed by atoms with Crippen LogP contribution in [0.2, 0.25) is 0 Å². The molecule has 1 heterocycles. The van der Waals surface area contributed by atoms with Crippen molar-refractivity contribution in [1.82, 2.24) is 4.57 Å². The summed E-state index contributed by atoms with van der Waals surface area (Å²) in [6.45, 7) is 2.35. The van der Waals surface area contributed by atoms with Gasteiger partial charge < -0.3 is 15.0 Å². The van der Waals surface area contributed by atoms with Crippen LogP contribution in [-0.4, -0.2) is 23.2 Å². The second-order valence-corrected chi connectivity index (χ2v) is 5.59. The van der Waals surface area contributed by atoms with Gasteiger partial charge >= 0.3 is 5.97 Å². The molecule has 0 fully saturated rings. The molecule has 1 aromatic carbocycles. The number of aromatic nitrogens is 1. The lowest BCUT2D eigenvalue weighted by Crippen LogP contribution is -2.62. The number of esters is 1. The SMILES string of the molecule is CCOC(=O)Cn1c2c(c3cc(F)ccc31)CC([NH3+])CC2. The first-order valence-corrected chi connectivity index (χ1v) is 7.38. The quantitative estimate of drug-likeness (QED) is 0.870. The molecule has 0 saturated heterocycles. The van der Waals surface area contributed by atoms with Crippen LogP contribution in [0.15, 0.2) is 18.2 Å². The summed E-state index contributed by atoms with van der Waals surface area (Å²) in [7, 11) is 0. The number of benzene rings is 1. The summed E-state index contributed by atoms with van der Waals surface area (Å²) in [4.78, 5) is 11.8. The molecule has 112 valence electrons. The largest absolute Gasteiger partial charge is 0.465 e. The molecule has 4 nitrogen and oxygen atoms in total. The third kappa shape index (κ3) is 2.53. The first-order valence-electron chi connectivity index (χ1n) is 7.38. The van der Waals surface area contributed by atoms with Crippen LogP contribution in [-0.2, 0) is 28.9 Å². The van der Waals surface area contributed by atoms with Gasteiger partial charge in [-0.05, 0) is 37.1 Å². The molecule has 21 heavy (non-hydrogen) atoms. The van der Waals surface area contributed by atoms with E-state index in [0.29, 0.717) is 12.6 Å².